The van der Waals surface area contributed by atoms with Gasteiger partial charge >= 0.3 is 5.97 Å². The Kier molecular flexibility index (Phi) is 6.55. The average Bonchev–Trinajstić information content (AvgIpc) is 2.75. The zero-order chi connectivity index (χ0) is 14.3. The van der Waals surface area contributed by atoms with Gasteiger partial charge < -0.3 is 24.3 Å². The lowest BCUT2D eigenvalue weighted by Gasteiger charge is -2.09. The fourth-order valence-electron chi connectivity index (χ4n) is 1.70. The van der Waals surface area contributed by atoms with Crippen LogP contribution in [0, 0.1) is 6.92 Å². The molecule has 0 saturated carbocycles. The highest BCUT2D eigenvalue weighted by atomic mass is 16.5. The smallest absolute Gasteiger partial charge is 0.341 e. The third-order valence-electron chi connectivity index (χ3n) is 2.69. The topological polar surface area (TPSA) is 80.9 Å². The second kappa shape index (κ2) is 7.93. The Morgan fingerprint density at radius 2 is 2.26 bits per heavy atom. The molecule has 0 saturated heterocycles. The first kappa shape index (κ1) is 15.7. The van der Waals surface area contributed by atoms with E-state index < -0.39 is 12.1 Å². The molecule has 1 atom stereocenters. The molecule has 6 nitrogen and oxygen atoms in total. The quantitative estimate of drug-likeness (QED) is 0.539. The van der Waals surface area contributed by atoms with E-state index in [9.17, 15) is 9.90 Å². The fourth-order valence-corrected chi connectivity index (χ4v) is 1.70. The van der Waals surface area contributed by atoms with Gasteiger partial charge in [0.15, 0.2) is 0 Å². The lowest BCUT2D eigenvalue weighted by molar-refractivity contribution is 0.0592. The molecule has 108 valence electrons. The summed E-state index contributed by atoms with van der Waals surface area (Å²) in [6.07, 6.45) is 0.124. The molecule has 0 spiro atoms. The van der Waals surface area contributed by atoms with Crippen molar-refractivity contribution in [2.24, 2.45) is 0 Å². The predicted molar refractivity (Wildman–Crippen MR) is 69.0 cm³/mol. The Bertz CT molecular complexity index is 402. The Labute approximate surface area is 112 Å². The van der Waals surface area contributed by atoms with Crippen molar-refractivity contribution in [1.82, 2.24) is 5.32 Å². The van der Waals surface area contributed by atoms with Crippen LogP contribution in [0.3, 0.4) is 0 Å². The van der Waals surface area contributed by atoms with Crippen LogP contribution in [0.2, 0.25) is 0 Å². The van der Waals surface area contributed by atoms with Crippen LogP contribution in [-0.2, 0) is 16.0 Å². The molecule has 6 heteroatoms. The van der Waals surface area contributed by atoms with E-state index in [2.05, 4.69) is 10.1 Å². The zero-order valence-corrected chi connectivity index (χ0v) is 11.6. The first-order chi connectivity index (χ1) is 9.08. The maximum Gasteiger partial charge on any atom is 0.341 e. The highest BCUT2D eigenvalue weighted by molar-refractivity contribution is 5.90. The van der Waals surface area contributed by atoms with Gasteiger partial charge in [0.2, 0.25) is 0 Å². The highest BCUT2D eigenvalue weighted by Gasteiger charge is 2.14. The van der Waals surface area contributed by atoms with Crippen molar-refractivity contribution in [3.63, 3.8) is 0 Å². The van der Waals surface area contributed by atoms with Crippen molar-refractivity contribution in [3.8, 4) is 0 Å². The monoisotopic (exact) mass is 271 g/mol. The summed E-state index contributed by atoms with van der Waals surface area (Å²) in [6.45, 7) is 3.18. The van der Waals surface area contributed by atoms with Crippen LogP contribution in [-0.4, -0.2) is 44.6 Å². The van der Waals surface area contributed by atoms with E-state index in [0.717, 1.165) is 0 Å². The summed E-state index contributed by atoms with van der Waals surface area (Å²) in [7, 11) is 2.89. The number of hydrogen-bond acceptors (Lipinski definition) is 6. The van der Waals surface area contributed by atoms with Gasteiger partial charge in [-0.05, 0) is 26.0 Å². The van der Waals surface area contributed by atoms with Crippen LogP contribution in [0.25, 0.3) is 0 Å². The number of aliphatic hydroxyl groups is 1. The zero-order valence-electron chi connectivity index (χ0n) is 11.6. The summed E-state index contributed by atoms with van der Waals surface area (Å²) in [6, 6.07) is 1.67. The number of methoxy groups -OCH3 is 2. The number of aliphatic hydroxyl groups excluding tert-OH is 1. The second-order valence-corrected chi connectivity index (χ2v) is 4.25. The molecule has 0 fully saturated rings. The highest BCUT2D eigenvalue weighted by Crippen LogP contribution is 2.15. The molecule has 0 aromatic carbocycles. The molecule has 1 unspecified atom stereocenters. The first-order valence-electron chi connectivity index (χ1n) is 6.13. The molecule has 19 heavy (non-hydrogen) atoms. The van der Waals surface area contributed by atoms with E-state index in [-0.39, 0.29) is 0 Å². The second-order valence-electron chi connectivity index (χ2n) is 4.25. The van der Waals surface area contributed by atoms with E-state index in [4.69, 9.17) is 9.15 Å². The standard InChI is InChI=1S/C13H21NO5/c1-9-12(13(16)18-3)6-11(19-9)7-14-5-4-10(15)8-17-2/h6,10,14-15H,4-5,7-8H2,1-3H3. The number of furan rings is 1. The van der Waals surface area contributed by atoms with E-state index >= 15 is 0 Å². The molecular formula is C13H21NO5. The van der Waals surface area contributed by atoms with Gasteiger partial charge in [-0.2, -0.15) is 0 Å². The maximum absolute atomic E-state index is 11.4. The minimum Gasteiger partial charge on any atom is -0.465 e. The third kappa shape index (κ3) is 5.02. The molecule has 1 aromatic heterocycles. The molecule has 0 bridgehead atoms. The van der Waals surface area contributed by atoms with E-state index in [1.807, 2.05) is 0 Å². The van der Waals surface area contributed by atoms with Crippen LogP contribution >= 0.6 is 0 Å². The van der Waals surface area contributed by atoms with Crippen LogP contribution in [0.5, 0.6) is 0 Å². The molecule has 1 rings (SSSR count). The molecular weight excluding hydrogens is 250 g/mol. The van der Waals surface area contributed by atoms with Gasteiger partial charge in [0.05, 0.1) is 26.4 Å². The Morgan fingerprint density at radius 3 is 2.89 bits per heavy atom. The molecule has 0 aliphatic rings. The van der Waals surface area contributed by atoms with Crippen molar-refractivity contribution in [2.45, 2.75) is 26.0 Å². The maximum atomic E-state index is 11.4. The van der Waals surface area contributed by atoms with Crippen LogP contribution in [0.4, 0.5) is 0 Å². The molecule has 0 amide bonds. The van der Waals surface area contributed by atoms with E-state index in [0.29, 0.717) is 43.2 Å². The normalized spacial score (nSPS) is 12.4. The van der Waals surface area contributed by atoms with Gasteiger partial charge in [0.25, 0.3) is 0 Å². The summed E-state index contributed by atoms with van der Waals surface area (Å²) in [5.41, 5.74) is 0.443. The Morgan fingerprint density at radius 1 is 1.53 bits per heavy atom. The molecule has 2 N–H and O–H groups in total. The Hall–Kier alpha value is -1.37. The number of carbonyl (C=O) groups is 1. The summed E-state index contributed by atoms with van der Waals surface area (Å²) in [5, 5.41) is 12.6. The van der Waals surface area contributed by atoms with Gasteiger partial charge in [0, 0.05) is 7.11 Å². The number of carbonyl (C=O) groups excluding carboxylic acids is 1. The van der Waals surface area contributed by atoms with Crippen molar-refractivity contribution in [3.05, 3.63) is 23.2 Å². The molecule has 0 radical (unpaired) electrons. The largest absolute Gasteiger partial charge is 0.465 e. The molecule has 1 aromatic rings. The first-order valence-corrected chi connectivity index (χ1v) is 6.13. The fraction of sp³-hybridized carbons (Fsp3) is 0.615. The summed E-state index contributed by atoms with van der Waals surface area (Å²) in [4.78, 5) is 11.4. The number of nitrogens with one attached hydrogen (secondary N) is 1. The SMILES string of the molecule is COCC(O)CCNCc1cc(C(=O)OC)c(C)o1. The van der Waals surface area contributed by atoms with Crippen molar-refractivity contribution < 1.29 is 23.8 Å². The number of rotatable bonds is 8. The van der Waals surface area contributed by atoms with Gasteiger partial charge in [-0.1, -0.05) is 0 Å². The third-order valence-corrected chi connectivity index (χ3v) is 2.69. The average molecular weight is 271 g/mol. The Balaban J connectivity index is 2.36. The van der Waals surface area contributed by atoms with Gasteiger partial charge in [-0.15, -0.1) is 0 Å². The van der Waals surface area contributed by atoms with Crippen LogP contribution in [0.1, 0.15) is 28.3 Å². The summed E-state index contributed by atoms with van der Waals surface area (Å²) >= 11 is 0. The van der Waals surface area contributed by atoms with Crippen LogP contribution in [0.15, 0.2) is 10.5 Å². The number of esters is 1. The van der Waals surface area contributed by atoms with Gasteiger partial charge in [-0.25, -0.2) is 4.79 Å². The van der Waals surface area contributed by atoms with Crippen molar-refractivity contribution in [2.75, 3.05) is 27.4 Å². The van der Waals surface area contributed by atoms with E-state index in [1.54, 1.807) is 20.1 Å². The summed E-state index contributed by atoms with van der Waals surface area (Å²) < 4.78 is 14.9. The van der Waals surface area contributed by atoms with Gasteiger partial charge in [-0.3, -0.25) is 0 Å². The lowest BCUT2D eigenvalue weighted by Crippen LogP contribution is -2.22. The van der Waals surface area contributed by atoms with Gasteiger partial charge in [0.1, 0.15) is 17.1 Å². The number of aryl methyl sites for hydroxylation is 1. The molecule has 1 heterocycles. The lowest BCUT2D eigenvalue weighted by atomic mass is 10.2. The molecule has 0 aliphatic carbocycles. The van der Waals surface area contributed by atoms with Crippen molar-refractivity contribution >= 4 is 5.97 Å². The summed E-state index contributed by atoms with van der Waals surface area (Å²) in [5.74, 6) is 0.810. The minimum atomic E-state index is -0.471. The number of ether oxygens (including phenoxy) is 2. The van der Waals surface area contributed by atoms with Crippen molar-refractivity contribution in [1.29, 1.82) is 0 Å². The predicted octanol–water partition coefficient (Wildman–Crippen LogP) is 0.862. The van der Waals surface area contributed by atoms with E-state index in [1.165, 1.54) is 7.11 Å². The molecule has 0 aliphatic heterocycles. The minimum absolute atomic E-state index is 0.327. The van der Waals surface area contributed by atoms with Crippen LogP contribution < -0.4 is 5.32 Å². The number of hydrogen-bond donors (Lipinski definition) is 2.